The van der Waals surface area contributed by atoms with Gasteiger partial charge in [0.2, 0.25) is 0 Å². The van der Waals surface area contributed by atoms with Crippen molar-refractivity contribution in [1.82, 2.24) is 5.32 Å². The van der Waals surface area contributed by atoms with Gasteiger partial charge in [-0.2, -0.15) is 0 Å². The minimum Gasteiger partial charge on any atom is -0.457 e. The van der Waals surface area contributed by atoms with Crippen LogP contribution in [0, 0.1) is 5.92 Å². The molecule has 2 aromatic carbocycles. The molecule has 0 aromatic heterocycles. The van der Waals surface area contributed by atoms with E-state index < -0.39 is 5.60 Å². The molecule has 1 heterocycles. The molecule has 2 N–H and O–H groups in total. The van der Waals surface area contributed by atoms with E-state index in [-0.39, 0.29) is 5.92 Å². The Labute approximate surface area is 172 Å². The molecule has 3 rings (SSSR count). The molecule has 2 atom stereocenters. The lowest BCUT2D eigenvalue weighted by molar-refractivity contribution is -0.0446. The summed E-state index contributed by atoms with van der Waals surface area (Å²) in [4.78, 5) is 0. The van der Waals surface area contributed by atoms with Crippen molar-refractivity contribution in [3.8, 4) is 11.5 Å². The summed E-state index contributed by atoms with van der Waals surface area (Å²) in [5.41, 5.74) is -0.231. The quantitative estimate of drug-likeness (QED) is 0.569. The van der Waals surface area contributed by atoms with Crippen LogP contribution < -0.4 is 10.1 Å². The van der Waals surface area contributed by atoms with E-state index in [0.717, 1.165) is 50.1 Å². The van der Waals surface area contributed by atoms with Crippen molar-refractivity contribution in [2.24, 2.45) is 5.92 Å². The first-order chi connectivity index (χ1) is 13.6. The second-order valence-corrected chi connectivity index (χ2v) is 7.91. The second kappa shape index (κ2) is 10.3. The summed E-state index contributed by atoms with van der Waals surface area (Å²) in [6.45, 7) is 2.49. The lowest BCUT2D eigenvalue weighted by Crippen LogP contribution is -2.44. The van der Waals surface area contributed by atoms with E-state index in [1.165, 1.54) is 0 Å². The highest BCUT2D eigenvalue weighted by Crippen LogP contribution is 2.44. The molecule has 0 saturated carbocycles. The summed E-state index contributed by atoms with van der Waals surface area (Å²) in [6.07, 6.45) is 4.46. The standard InChI is InChI=1S/C23H30ClNO3/c1-27-15-6-5-13-23(26,18-8-7-14-25-17-18)21-16-19(24)11-12-22(21)28-20-9-3-2-4-10-20/h2-4,9-12,16,18,25-26H,5-8,13-15,17H2,1H3. The summed E-state index contributed by atoms with van der Waals surface area (Å²) in [5, 5.41) is 16.0. The molecular formula is C23H30ClNO3. The molecule has 0 amide bonds. The Morgan fingerprint density at radius 1 is 1.18 bits per heavy atom. The van der Waals surface area contributed by atoms with Crippen LogP contribution in [-0.2, 0) is 10.3 Å². The molecule has 1 aliphatic rings. The van der Waals surface area contributed by atoms with E-state index in [2.05, 4.69) is 5.32 Å². The minimum absolute atomic E-state index is 0.111. The number of ether oxygens (including phenoxy) is 2. The number of piperidine rings is 1. The summed E-state index contributed by atoms with van der Waals surface area (Å²) in [6, 6.07) is 15.2. The summed E-state index contributed by atoms with van der Waals surface area (Å²) in [7, 11) is 1.71. The van der Waals surface area contributed by atoms with Gasteiger partial charge in [-0.3, -0.25) is 0 Å². The van der Waals surface area contributed by atoms with Gasteiger partial charge in [-0.1, -0.05) is 29.8 Å². The van der Waals surface area contributed by atoms with Gasteiger partial charge in [0.05, 0.1) is 5.60 Å². The van der Waals surface area contributed by atoms with Gasteiger partial charge in [-0.15, -0.1) is 0 Å². The Morgan fingerprint density at radius 2 is 2.00 bits per heavy atom. The lowest BCUT2D eigenvalue weighted by atomic mass is 9.74. The SMILES string of the molecule is COCCCCC(O)(c1cc(Cl)ccc1Oc1ccccc1)C1CCCNC1. The predicted octanol–water partition coefficient (Wildman–Crippen LogP) is 5.14. The molecule has 1 aliphatic heterocycles. The zero-order valence-electron chi connectivity index (χ0n) is 16.5. The third kappa shape index (κ3) is 5.26. The summed E-state index contributed by atoms with van der Waals surface area (Å²) in [5.74, 6) is 1.52. The largest absolute Gasteiger partial charge is 0.457 e. The van der Waals surface area contributed by atoms with Crippen molar-refractivity contribution in [1.29, 1.82) is 0 Å². The highest BCUT2D eigenvalue weighted by Gasteiger charge is 2.40. The predicted molar refractivity (Wildman–Crippen MR) is 113 cm³/mol. The maximum Gasteiger partial charge on any atom is 0.133 e. The number of benzene rings is 2. The normalized spacial score (nSPS) is 19.2. The number of rotatable bonds is 9. The van der Waals surface area contributed by atoms with E-state index in [1.807, 2.05) is 48.5 Å². The third-order valence-electron chi connectivity index (χ3n) is 5.51. The Bertz CT molecular complexity index is 734. The topological polar surface area (TPSA) is 50.7 Å². The molecule has 2 aromatic rings. The number of hydrogen-bond acceptors (Lipinski definition) is 4. The van der Waals surface area contributed by atoms with E-state index in [1.54, 1.807) is 7.11 Å². The van der Waals surface area contributed by atoms with Crippen LogP contribution in [0.25, 0.3) is 0 Å². The fourth-order valence-electron chi connectivity index (χ4n) is 4.00. The van der Waals surface area contributed by atoms with E-state index >= 15 is 0 Å². The monoisotopic (exact) mass is 403 g/mol. The molecule has 0 spiro atoms. The number of methoxy groups -OCH3 is 1. The van der Waals surface area contributed by atoms with E-state index in [0.29, 0.717) is 23.8 Å². The number of para-hydroxylation sites is 1. The van der Waals surface area contributed by atoms with Gasteiger partial charge in [-0.25, -0.2) is 0 Å². The maximum atomic E-state index is 12.0. The van der Waals surface area contributed by atoms with Crippen LogP contribution >= 0.6 is 11.6 Å². The lowest BCUT2D eigenvalue weighted by Gasteiger charge is -2.40. The van der Waals surface area contributed by atoms with Gasteiger partial charge in [0, 0.05) is 36.8 Å². The van der Waals surface area contributed by atoms with Crippen molar-refractivity contribution in [2.75, 3.05) is 26.8 Å². The Balaban J connectivity index is 1.94. The zero-order valence-corrected chi connectivity index (χ0v) is 17.3. The average Bonchev–Trinajstić information content (AvgIpc) is 2.74. The van der Waals surface area contributed by atoms with Gasteiger partial charge in [0.25, 0.3) is 0 Å². The van der Waals surface area contributed by atoms with Gasteiger partial charge >= 0.3 is 0 Å². The number of unbranched alkanes of at least 4 members (excludes halogenated alkanes) is 1. The fraction of sp³-hybridized carbons (Fsp3) is 0.478. The number of nitrogens with one attached hydrogen (secondary N) is 1. The molecule has 1 fully saturated rings. The highest BCUT2D eigenvalue weighted by atomic mass is 35.5. The summed E-state index contributed by atoms with van der Waals surface area (Å²) >= 11 is 6.35. The first kappa shape index (κ1) is 21.1. The van der Waals surface area contributed by atoms with Crippen LogP contribution in [0.2, 0.25) is 5.02 Å². The molecule has 0 aliphatic carbocycles. The number of hydrogen-bond donors (Lipinski definition) is 2. The molecular weight excluding hydrogens is 374 g/mol. The average molecular weight is 404 g/mol. The van der Waals surface area contributed by atoms with Crippen LogP contribution in [0.4, 0.5) is 0 Å². The van der Waals surface area contributed by atoms with Crippen molar-refractivity contribution in [3.63, 3.8) is 0 Å². The van der Waals surface area contributed by atoms with Crippen molar-refractivity contribution >= 4 is 11.6 Å². The Hall–Kier alpha value is -1.59. The van der Waals surface area contributed by atoms with Crippen LogP contribution in [-0.4, -0.2) is 31.9 Å². The fourth-order valence-corrected chi connectivity index (χ4v) is 4.18. The van der Waals surface area contributed by atoms with Crippen LogP contribution in [0.3, 0.4) is 0 Å². The smallest absolute Gasteiger partial charge is 0.133 e. The molecule has 1 saturated heterocycles. The van der Waals surface area contributed by atoms with Crippen LogP contribution in [0.5, 0.6) is 11.5 Å². The molecule has 4 nitrogen and oxygen atoms in total. The molecule has 28 heavy (non-hydrogen) atoms. The Kier molecular flexibility index (Phi) is 7.74. The van der Waals surface area contributed by atoms with Crippen LogP contribution in [0.15, 0.2) is 48.5 Å². The van der Waals surface area contributed by atoms with Gasteiger partial charge < -0.3 is 19.9 Å². The van der Waals surface area contributed by atoms with Gasteiger partial charge in [0.1, 0.15) is 11.5 Å². The number of aliphatic hydroxyl groups is 1. The molecule has 2 unspecified atom stereocenters. The molecule has 0 radical (unpaired) electrons. The highest BCUT2D eigenvalue weighted by molar-refractivity contribution is 6.30. The van der Waals surface area contributed by atoms with Crippen molar-refractivity contribution in [3.05, 3.63) is 59.1 Å². The second-order valence-electron chi connectivity index (χ2n) is 7.47. The third-order valence-corrected chi connectivity index (χ3v) is 5.74. The first-order valence-corrected chi connectivity index (χ1v) is 10.5. The molecule has 0 bridgehead atoms. The Morgan fingerprint density at radius 3 is 2.71 bits per heavy atom. The van der Waals surface area contributed by atoms with Crippen LogP contribution in [0.1, 0.15) is 37.7 Å². The minimum atomic E-state index is -1.00. The van der Waals surface area contributed by atoms with Gasteiger partial charge in [0.15, 0.2) is 0 Å². The van der Waals surface area contributed by atoms with Crippen molar-refractivity contribution < 1.29 is 14.6 Å². The zero-order chi connectivity index (χ0) is 19.8. The molecule has 152 valence electrons. The van der Waals surface area contributed by atoms with Gasteiger partial charge in [-0.05, 0) is 69.0 Å². The first-order valence-electron chi connectivity index (χ1n) is 10.1. The van der Waals surface area contributed by atoms with E-state index in [9.17, 15) is 5.11 Å². The summed E-state index contributed by atoms with van der Waals surface area (Å²) < 4.78 is 11.4. The van der Waals surface area contributed by atoms with E-state index in [4.69, 9.17) is 21.1 Å². The maximum absolute atomic E-state index is 12.0. The van der Waals surface area contributed by atoms with Crippen molar-refractivity contribution in [2.45, 2.75) is 37.7 Å². The molecule has 5 heteroatoms. The number of halogens is 1.